The molecule has 232 valence electrons. The smallest absolute Gasteiger partial charge is 0.410 e. The van der Waals surface area contributed by atoms with E-state index in [0.717, 1.165) is 4.90 Å². The number of imide groups is 1. The summed E-state index contributed by atoms with van der Waals surface area (Å²) in [4.78, 5) is 47.9. The van der Waals surface area contributed by atoms with Crippen molar-refractivity contribution in [2.24, 2.45) is 0 Å². The van der Waals surface area contributed by atoms with Crippen molar-refractivity contribution in [1.29, 1.82) is 0 Å². The molecule has 1 aromatic heterocycles. The van der Waals surface area contributed by atoms with Gasteiger partial charge in [0.05, 0.1) is 17.8 Å². The Morgan fingerprint density at radius 1 is 0.932 bits per heavy atom. The van der Waals surface area contributed by atoms with Gasteiger partial charge in [-0.1, -0.05) is 17.7 Å². The van der Waals surface area contributed by atoms with Crippen LogP contribution in [0.15, 0.2) is 48.7 Å². The average Bonchev–Trinajstić information content (AvgIpc) is 3.37. The highest BCUT2D eigenvalue weighted by molar-refractivity contribution is 6.34. The number of ether oxygens (including phenoxy) is 2. The van der Waals surface area contributed by atoms with Gasteiger partial charge in [-0.3, -0.25) is 14.6 Å². The average molecular weight is 624 g/mol. The summed E-state index contributed by atoms with van der Waals surface area (Å²) in [6, 6.07) is 11.1. The maximum absolute atomic E-state index is 15.1. The summed E-state index contributed by atoms with van der Waals surface area (Å²) in [7, 11) is 1.52. The van der Waals surface area contributed by atoms with Crippen molar-refractivity contribution < 1.29 is 28.2 Å². The summed E-state index contributed by atoms with van der Waals surface area (Å²) < 4.78 is 26.5. The number of hydrogen-bond acceptors (Lipinski definition) is 7. The molecule has 0 aliphatic carbocycles. The Labute approximate surface area is 260 Å². The highest BCUT2D eigenvalue weighted by Crippen LogP contribution is 2.42. The van der Waals surface area contributed by atoms with Crippen LogP contribution in [0.2, 0.25) is 5.02 Å². The number of nitrogens with zero attached hydrogens (tertiary/aromatic N) is 5. The monoisotopic (exact) mass is 623 g/mol. The Kier molecular flexibility index (Phi) is 8.69. The number of halogens is 2. The van der Waals surface area contributed by atoms with Crippen molar-refractivity contribution in [1.82, 2.24) is 14.8 Å². The second kappa shape index (κ2) is 12.3. The van der Waals surface area contributed by atoms with Gasteiger partial charge in [0.25, 0.3) is 0 Å². The Morgan fingerprint density at radius 3 is 2.16 bits per heavy atom. The zero-order valence-electron chi connectivity index (χ0n) is 25.4. The van der Waals surface area contributed by atoms with E-state index in [1.54, 1.807) is 35.4 Å². The second-order valence-corrected chi connectivity index (χ2v) is 12.1. The lowest BCUT2D eigenvalue weighted by molar-refractivity contribution is -0.125. The van der Waals surface area contributed by atoms with E-state index in [2.05, 4.69) is 9.88 Å². The topological polar surface area (TPSA) is 95.5 Å². The van der Waals surface area contributed by atoms with E-state index >= 15 is 4.39 Å². The molecule has 3 aromatic rings. The Hall–Kier alpha value is -4.38. The van der Waals surface area contributed by atoms with Crippen LogP contribution in [0, 0.1) is 5.82 Å². The van der Waals surface area contributed by atoms with Crippen molar-refractivity contribution in [2.45, 2.75) is 33.3 Å². The molecule has 0 N–H and O–H groups in total. The van der Waals surface area contributed by atoms with Crippen molar-refractivity contribution >= 4 is 41.1 Å². The molecule has 2 fully saturated rings. The summed E-state index contributed by atoms with van der Waals surface area (Å²) in [5.74, 6) is 0.348. The molecule has 10 nitrogen and oxygen atoms in total. The first kappa shape index (κ1) is 31.1. The Balaban J connectivity index is 1.40. The van der Waals surface area contributed by atoms with Gasteiger partial charge in [-0.15, -0.1) is 0 Å². The van der Waals surface area contributed by atoms with E-state index in [-0.39, 0.29) is 23.6 Å². The number of anilines is 2. The fourth-order valence-corrected chi connectivity index (χ4v) is 5.67. The van der Waals surface area contributed by atoms with Crippen LogP contribution in [0.25, 0.3) is 22.3 Å². The quantitative estimate of drug-likeness (QED) is 0.341. The number of urea groups is 1. The fraction of sp³-hybridized carbons (Fsp3) is 0.375. The van der Waals surface area contributed by atoms with Crippen LogP contribution < -0.4 is 14.5 Å². The van der Waals surface area contributed by atoms with Crippen molar-refractivity contribution in [2.75, 3.05) is 56.2 Å². The van der Waals surface area contributed by atoms with Crippen LogP contribution in [0.3, 0.4) is 0 Å². The van der Waals surface area contributed by atoms with E-state index < -0.39 is 17.4 Å². The van der Waals surface area contributed by atoms with Crippen LogP contribution in [0.1, 0.15) is 27.7 Å². The predicted molar refractivity (Wildman–Crippen MR) is 167 cm³/mol. The molecule has 0 bridgehead atoms. The highest BCUT2D eigenvalue weighted by atomic mass is 35.5. The van der Waals surface area contributed by atoms with E-state index in [9.17, 15) is 14.4 Å². The van der Waals surface area contributed by atoms with Gasteiger partial charge >= 0.3 is 12.1 Å². The molecular formula is C32H35ClFN5O5. The first-order valence-corrected chi connectivity index (χ1v) is 14.7. The highest BCUT2D eigenvalue weighted by Gasteiger charge is 2.33. The second-order valence-electron chi connectivity index (χ2n) is 11.7. The number of benzene rings is 2. The Morgan fingerprint density at radius 2 is 1.59 bits per heavy atom. The van der Waals surface area contributed by atoms with E-state index in [0.29, 0.717) is 72.2 Å². The van der Waals surface area contributed by atoms with Gasteiger partial charge in [-0.25, -0.2) is 19.0 Å². The lowest BCUT2D eigenvalue weighted by Gasteiger charge is -2.36. The molecule has 2 aliphatic heterocycles. The number of aromatic nitrogens is 1. The summed E-state index contributed by atoms with van der Waals surface area (Å²) in [6.07, 6.45) is 1.33. The summed E-state index contributed by atoms with van der Waals surface area (Å²) >= 11 is 6.63. The molecule has 0 unspecified atom stereocenters. The van der Waals surface area contributed by atoms with E-state index in [1.165, 1.54) is 31.1 Å². The first-order valence-electron chi connectivity index (χ1n) is 14.3. The van der Waals surface area contributed by atoms with E-state index in [1.807, 2.05) is 26.8 Å². The maximum Gasteiger partial charge on any atom is 0.410 e. The summed E-state index contributed by atoms with van der Waals surface area (Å²) in [6.45, 7) is 9.57. The lowest BCUT2D eigenvalue weighted by Crippen LogP contribution is -2.50. The number of piperazine rings is 1. The number of pyridine rings is 1. The number of rotatable bonds is 5. The molecule has 5 rings (SSSR count). The molecule has 3 heterocycles. The zero-order chi connectivity index (χ0) is 31.8. The molecule has 12 heteroatoms. The number of hydrogen-bond donors (Lipinski definition) is 0. The molecule has 0 saturated carbocycles. The van der Waals surface area contributed by atoms with Gasteiger partial charge in [0.15, 0.2) is 0 Å². The minimum Gasteiger partial charge on any atom is -0.495 e. The third kappa shape index (κ3) is 6.42. The third-order valence-electron chi connectivity index (χ3n) is 7.51. The molecule has 0 atom stereocenters. The van der Waals surface area contributed by atoms with Crippen LogP contribution >= 0.6 is 11.6 Å². The molecule has 4 amide bonds. The Bertz CT molecular complexity index is 1600. The van der Waals surface area contributed by atoms with Gasteiger partial charge in [-0.05, 0) is 68.3 Å². The maximum atomic E-state index is 15.1. The van der Waals surface area contributed by atoms with E-state index in [4.69, 9.17) is 21.1 Å². The molecule has 0 spiro atoms. The SMILES string of the molecule is COc1c(-c2ccnc(N3CCN(C(=O)OC(C)(C)C)CC3)c2)cc(F)cc1-c1ccc(N2CCN(C(C)=O)C2=O)c(Cl)c1. The number of methoxy groups -OCH3 is 1. The molecule has 2 aliphatic rings. The lowest BCUT2D eigenvalue weighted by atomic mass is 9.97. The van der Waals surface area contributed by atoms with Gasteiger partial charge in [0.2, 0.25) is 5.91 Å². The van der Waals surface area contributed by atoms with Crippen LogP contribution in [-0.2, 0) is 9.53 Å². The minimum atomic E-state index is -0.564. The molecule has 2 aromatic carbocycles. The fourth-order valence-electron chi connectivity index (χ4n) is 5.39. The van der Waals surface area contributed by atoms with Gasteiger partial charge in [0.1, 0.15) is 23.0 Å². The van der Waals surface area contributed by atoms with Crippen LogP contribution in [0.5, 0.6) is 5.75 Å². The molecule has 2 saturated heterocycles. The van der Waals surface area contributed by atoms with Gasteiger partial charge in [0, 0.05) is 63.5 Å². The van der Waals surface area contributed by atoms with Crippen molar-refractivity contribution in [3.8, 4) is 28.0 Å². The van der Waals surface area contributed by atoms with Crippen molar-refractivity contribution in [3.05, 3.63) is 59.5 Å². The standard InChI is InChI=1S/C32H35ClFN5O5/c1-20(40)38-14-15-39(30(38)41)27-7-6-21(16-26(27)33)24-18-23(34)19-25(29(24)43-5)22-8-9-35-28(17-22)36-10-12-37(13-11-36)31(42)44-32(2,3)4/h6-9,16-19H,10-15H2,1-5H3. The van der Waals surface area contributed by atoms with Gasteiger partial charge < -0.3 is 19.3 Å². The van der Waals surface area contributed by atoms with Crippen molar-refractivity contribution in [3.63, 3.8) is 0 Å². The molecule has 0 radical (unpaired) electrons. The minimum absolute atomic E-state index is 0.278. The number of amides is 4. The van der Waals surface area contributed by atoms with Gasteiger partial charge in [-0.2, -0.15) is 0 Å². The molecular weight excluding hydrogens is 589 g/mol. The normalized spacial score (nSPS) is 15.6. The summed E-state index contributed by atoms with van der Waals surface area (Å²) in [5.41, 5.74) is 2.22. The number of carbonyl (C=O) groups is 3. The summed E-state index contributed by atoms with van der Waals surface area (Å²) in [5, 5.41) is 0.283. The third-order valence-corrected chi connectivity index (χ3v) is 7.81. The van der Waals surface area contributed by atoms with Crippen LogP contribution in [0.4, 0.5) is 25.5 Å². The largest absolute Gasteiger partial charge is 0.495 e. The molecule has 44 heavy (non-hydrogen) atoms. The van der Waals surface area contributed by atoms with Crippen LogP contribution in [-0.4, -0.2) is 84.8 Å². The zero-order valence-corrected chi connectivity index (χ0v) is 26.2. The predicted octanol–water partition coefficient (Wildman–Crippen LogP) is 6.06. The number of carbonyl (C=O) groups excluding carboxylic acids is 3. The first-order chi connectivity index (χ1) is 20.9.